The fraction of sp³-hybridized carbons (Fsp3) is 0.308. The van der Waals surface area contributed by atoms with Gasteiger partial charge < -0.3 is 58.4 Å². The van der Waals surface area contributed by atoms with Crippen molar-refractivity contribution in [3.63, 3.8) is 0 Å². The van der Waals surface area contributed by atoms with Crippen LogP contribution >= 0.6 is 0 Å². The monoisotopic (exact) mass is 561 g/mol. The van der Waals surface area contributed by atoms with Gasteiger partial charge in [-0.3, -0.25) is 4.79 Å². The van der Waals surface area contributed by atoms with Gasteiger partial charge in [-0.1, -0.05) is 0 Å². The van der Waals surface area contributed by atoms with Gasteiger partial charge in [0.2, 0.25) is 17.8 Å². The van der Waals surface area contributed by atoms with Gasteiger partial charge in [0.25, 0.3) is 0 Å². The Bertz CT molecular complexity index is 1630. The molecule has 14 nitrogen and oxygen atoms in total. The first kappa shape index (κ1) is 27.2. The maximum Gasteiger partial charge on any atom is 0.371 e. The molecule has 2 aromatic heterocycles. The van der Waals surface area contributed by atoms with Crippen LogP contribution in [0.1, 0.15) is 10.6 Å². The number of methoxy groups -OCH3 is 2. The molecule has 0 saturated carbocycles. The molecule has 5 rings (SSSR count). The van der Waals surface area contributed by atoms with Gasteiger partial charge in [0.1, 0.15) is 35.6 Å². The van der Waals surface area contributed by atoms with E-state index >= 15 is 0 Å². The quantitative estimate of drug-likeness (QED) is 0.169. The summed E-state index contributed by atoms with van der Waals surface area (Å²) in [7, 11) is 2.60. The Morgan fingerprint density at radius 2 is 1.57 bits per heavy atom. The molecule has 14 heteroatoms. The van der Waals surface area contributed by atoms with Gasteiger partial charge in [-0.2, -0.15) is 0 Å². The normalized spacial score (nSPS) is 22.9. The van der Waals surface area contributed by atoms with E-state index in [0.29, 0.717) is 0 Å². The molecule has 3 heterocycles. The predicted octanol–water partition coefficient (Wildman–Crippen LogP) is 0.450. The fourth-order valence-corrected chi connectivity index (χ4v) is 4.53. The maximum atomic E-state index is 11.9. The summed E-state index contributed by atoms with van der Waals surface area (Å²) in [5.41, 5.74) is -0.184. The van der Waals surface area contributed by atoms with Crippen LogP contribution in [0.5, 0.6) is 23.0 Å². The van der Waals surface area contributed by atoms with Gasteiger partial charge in [0.05, 0.1) is 38.3 Å². The van der Waals surface area contributed by atoms with Gasteiger partial charge in [-0.15, -0.1) is 0 Å². The Morgan fingerprint density at radius 1 is 0.950 bits per heavy atom. The molecule has 7 N–H and O–H groups in total. The maximum absolute atomic E-state index is 11.9. The molecule has 4 aromatic rings. The van der Waals surface area contributed by atoms with Crippen LogP contribution in [0, 0.1) is 0 Å². The van der Waals surface area contributed by atoms with E-state index < -0.39 is 49.0 Å². The molecule has 212 valence electrons. The SMILES string of the molecule is COc1cc(-c2oc3cc(=[OH+])cc4oc(C(=O)O)cc(c2O[C@H]2O[C@H](CO)[C@@H](O)C(O)C2O)c43)cc(OC)c1O. The summed E-state index contributed by atoms with van der Waals surface area (Å²) < 4.78 is 33.5. The first-order chi connectivity index (χ1) is 19.1. The van der Waals surface area contributed by atoms with Gasteiger partial charge in [0.15, 0.2) is 23.0 Å². The van der Waals surface area contributed by atoms with E-state index in [2.05, 4.69) is 0 Å². The highest BCUT2D eigenvalue weighted by atomic mass is 16.7. The average molecular weight is 561 g/mol. The van der Waals surface area contributed by atoms with E-state index in [1.807, 2.05) is 0 Å². The summed E-state index contributed by atoms with van der Waals surface area (Å²) in [5, 5.41) is 61.1. The Hall–Kier alpha value is -4.34. The molecule has 0 spiro atoms. The number of ether oxygens (including phenoxy) is 4. The fourth-order valence-electron chi connectivity index (χ4n) is 4.53. The highest BCUT2D eigenvalue weighted by Gasteiger charge is 2.45. The molecule has 2 unspecified atom stereocenters. The number of aromatic carboxylic acids is 1. The molecule has 5 atom stereocenters. The number of phenolic OH excluding ortho intramolecular Hbond substituents is 1. The number of carboxylic acid groups (broad SMARTS) is 1. The first-order valence-electron chi connectivity index (χ1n) is 11.8. The summed E-state index contributed by atoms with van der Waals surface area (Å²) in [6.45, 7) is -0.723. The van der Waals surface area contributed by atoms with Crippen molar-refractivity contribution in [3.8, 4) is 34.3 Å². The molecule has 1 aliphatic rings. The first-order valence-corrected chi connectivity index (χ1v) is 11.8. The average Bonchev–Trinajstić information content (AvgIpc) is 2.93. The van der Waals surface area contributed by atoms with Crippen molar-refractivity contribution in [2.45, 2.75) is 30.7 Å². The lowest BCUT2D eigenvalue weighted by Gasteiger charge is -2.39. The number of hydrogen-bond donors (Lipinski definition) is 6. The van der Waals surface area contributed by atoms with Crippen LogP contribution in [0.3, 0.4) is 0 Å². The van der Waals surface area contributed by atoms with E-state index in [1.165, 1.54) is 38.5 Å². The highest BCUT2D eigenvalue weighted by Crippen LogP contribution is 2.47. The molecule has 1 fully saturated rings. The number of phenols is 1. The molecular formula is C26H25O14+. The smallest absolute Gasteiger partial charge is 0.371 e. The zero-order valence-corrected chi connectivity index (χ0v) is 21.0. The number of aliphatic hydroxyl groups excluding tert-OH is 4. The molecular weight excluding hydrogens is 536 g/mol. The molecule has 1 aliphatic heterocycles. The van der Waals surface area contributed by atoms with Crippen LogP contribution in [0.2, 0.25) is 0 Å². The van der Waals surface area contributed by atoms with Crippen molar-refractivity contribution >= 4 is 27.9 Å². The van der Waals surface area contributed by atoms with Crippen LogP contribution in [0.25, 0.3) is 33.3 Å². The molecule has 0 bridgehead atoms. The number of carbonyl (C=O) groups is 1. The second kappa shape index (κ2) is 10.3. The summed E-state index contributed by atoms with van der Waals surface area (Å²) in [5.74, 6) is -2.73. The van der Waals surface area contributed by atoms with Gasteiger partial charge in [-0.25, -0.2) is 4.79 Å². The van der Waals surface area contributed by atoms with E-state index in [4.69, 9.17) is 27.8 Å². The number of carboxylic acids is 1. The lowest BCUT2D eigenvalue weighted by molar-refractivity contribution is -0.277. The van der Waals surface area contributed by atoms with Crippen molar-refractivity contribution in [1.29, 1.82) is 0 Å². The number of aromatic hydroxyl groups is 1. The second-order valence-corrected chi connectivity index (χ2v) is 8.95. The van der Waals surface area contributed by atoms with E-state index in [9.17, 15) is 40.2 Å². The van der Waals surface area contributed by atoms with E-state index in [1.54, 1.807) is 0 Å². The lowest BCUT2D eigenvalue weighted by atomic mass is 9.99. The molecule has 0 aliphatic carbocycles. The van der Waals surface area contributed by atoms with Crippen molar-refractivity contribution in [2.75, 3.05) is 20.8 Å². The highest BCUT2D eigenvalue weighted by molar-refractivity contribution is 6.11. The number of aliphatic hydroxyl groups is 4. The minimum Gasteiger partial charge on any atom is -0.502 e. The predicted molar refractivity (Wildman–Crippen MR) is 133 cm³/mol. The van der Waals surface area contributed by atoms with Crippen LogP contribution in [-0.2, 0) is 4.74 Å². The Labute approximate surface area is 223 Å². The van der Waals surface area contributed by atoms with Crippen LogP contribution in [0.15, 0.2) is 39.2 Å². The molecule has 0 amide bonds. The lowest BCUT2D eigenvalue weighted by Crippen LogP contribution is -2.60. The van der Waals surface area contributed by atoms with Crippen molar-refractivity contribution < 1.29 is 68.0 Å². The third kappa shape index (κ3) is 4.47. The number of hydrogen-bond acceptors (Lipinski definition) is 12. The largest absolute Gasteiger partial charge is 0.502 e. The zero-order valence-electron chi connectivity index (χ0n) is 21.0. The third-order valence-corrected chi connectivity index (χ3v) is 6.51. The summed E-state index contributed by atoms with van der Waals surface area (Å²) in [6.07, 6.45) is -8.26. The summed E-state index contributed by atoms with van der Waals surface area (Å²) in [6, 6.07) is 6.27. The van der Waals surface area contributed by atoms with Crippen molar-refractivity contribution in [1.82, 2.24) is 0 Å². The minimum atomic E-state index is -1.82. The molecule has 0 radical (unpaired) electrons. The zero-order chi connectivity index (χ0) is 28.9. The molecule has 2 aromatic carbocycles. The third-order valence-electron chi connectivity index (χ3n) is 6.51. The Balaban J connectivity index is 1.84. The van der Waals surface area contributed by atoms with E-state index in [0.717, 1.165) is 6.07 Å². The van der Waals surface area contributed by atoms with Crippen LogP contribution in [0.4, 0.5) is 0 Å². The van der Waals surface area contributed by atoms with Crippen molar-refractivity contribution in [3.05, 3.63) is 41.5 Å². The topological polar surface area (TPSA) is 223 Å². The second-order valence-electron chi connectivity index (χ2n) is 8.95. The van der Waals surface area contributed by atoms with Gasteiger partial charge in [-0.05, 0) is 12.1 Å². The number of benzene rings is 2. The van der Waals surface area contributed by atoms with Crippen molar-refractivity contribution in [2.24, 2.45) is 0 Å². The van der Waals surface area contributed by atoms with Crippen LogP contribution < -0.4 is 19.6 Å². The van der Waals surface area contributed by atoms with Gasteiger partial charge in [0, 0.05) is 17.0 Å². The van der Waals surface area contributed by atoms with E-state index in [-0.39, 0.29) is 61.7 Å². The standard InChI is InChI=1S/C26H24O14/c1-35-14-3-9(4-15(36-2)19(14)29)23-24(40-26-22(32)21(31)20(30)17(8-27)39-26)11-7-16(25(33)34)37-12-5-10(28)6-13(38-23)18(11)12/h3-7,17,20-22,26-27,29-32H,8H2,1-2H3,(H,33,34)/p+1/t17-,20-,21?,22?,26-/m1/s1. The summed E-state index contributed by atoms with van der Waals surface area (Å²) in [4.78, 5) is 22.2. The molecule has 40 heavy (non-hydrogen) atoms. The molecule has 1 saturated heterocycles. The minimum absolute atomic E-state index is 0.0289. The Kier molecular flexibility index (Phi) is 7.03. The van der Waals surface area contributed by atoms with Gasteiger partial charge >= 0.3 is 11.4 Å². The summed E-state index contributed by atoms with van der Waals surface area (Å²) >= 11 is 0. The van der Waals surface area contributed by atoms with Crippen LogP contribution in [-0.4, -0.2) is 92.9 Å². The number of rotatable bonds is 7. The Morgan fingerprint density at radius 3 is 2.15 bits per heavy atom.